The van der Waals surface area contributed by atoms with Crippen LogP contribution < -0.4 is 5.73 Å². The topological polar surface area (TPSA) is 52.3 Å². The number of methoxy groups -OCH3 is 1. The van der Waals surface area contributed by atoms with Gasteiger partial charge in [-0.3, -0.25) is 4.79 Å². The molecular weight excluding hydrogens is 226 g/mol. The van der Waals surface area contributed by atoms with Crippen LogP contribution >= 0.6 is 11.6 Å². The summed E-state index contributed by atoms with van der Waals surface area (Å²) in [6.45, 7) is 2.32. The summed E-state index contributed by atoms with van der Waals surface area (Å²) in [5.74, 6) is -0.261. The van der Waals surface area contributed by atoms with Crippen LogP contribution in [0.1, 0.15) is 18.9 Å². The largest absolute Gasteiger partial charge is 0.469 e. The van der Waals surface area contributed by atoms with Gasteiger partial charge in [0.2, 0.25) is 0 Å². The SMILES string of the molecule is COC(=O)CC(C)(CN)c1ccc(Cl)cc1. The van der Waals surface area contributed by atoms with Crippen molar-refractivity contribution >= 4 is 17.6 Å². The molecule has 0 radical (unpaired) electrons. The zero-order chi connectivity index (χ0) is 12.2. The second-order valence-corrected chi connectivity index (χ2v) is 4.46. The normalized spacial score (nSPS) is 14.2. The fraction of sp³-hybridized carbons (Fsp3) is 0.417. The molecule has 2 N–H and O–H groups in total. The van der Waals surface area contributed by atoms with E-state index in [-0.39, 0.29) is 12.4 Å². The van der Waals surface area contributed by atoms with Crippen molar-refractivity contribution in [2.24, 2.45) is 5.73 Å². The van der Waals surface area contributed by atoms with E-state index in [1.807, 2.05) is 19.1 Å². The molecule has 0 aromatic heterocycles. The van der Waals surface area contributed by atoms with Gasteiger partial charge < -0.3 is 10.5 Å². The summed E-state index contributed by atoms with van der Waals surface area (Å²) in [6, 6.07) is 7.36. The summed E-state index contributed by atoms with van der Waals surface area (Å²) in [5.41, 5.74) is 6.32. The van der Waals surface area contributed by atoms with E-state index in [4.69, 9.17) is 17.3 Å². The Morgan fingerprint density at radius 2 is 2.00 bits per heavy atom. The number of halogens is 1. The van der Waals surface area contributed by atoms with Crippen molar-refractivity contribution in [2.45, 2.75) is 18.8 Å². The molecule has 0 spiro atoms. The van der Waals surface area contributed by atoms with E-state index in [1.54, 1.807) is 12.1 Å². The van der Waals surface area contributed by atoms with E-state index in [9.17, 15) is 4.79 Å². The summed E-state index contributed by atoms with van der Waals surface area (Å²) >= 11 is 5.82. The molecule has 1 aromatic rings. The summed E-state index contributed by atoms with van der Waals surface area (Å²) in [4.78, 5) is 11.3. The lowest BCUT2D eigenvalue weighted by Gasteiger charge is -2.27. The molecule has 16 heavy (non-hydrogen) atoms. The zero-order valence-corrected chi connectivity index (χ0v) is 10.3. The third kappa shape index (κ3) is 2.97. The fourth-order valence-electron chi connectivity index (χ4n) is 1.54. The van der Waals surface area contributed by atoms with Crippen molar-refractivity contribution < 1.29 is 9.53 Å². The summed E-state index contributed by atoms with van der Waals surface area (Å²) < 4.78 is 4.67. The predicted molar refractivity (Wildman–Crippen MR) is 64.5 cm³/mol. The maximum Gasteiger partial charge on any atom is 0.306 e. The molecule has 4 heteroatoms. The molecule has 0 amide bonds. The minimum absolute atomic E-state index is 0.261. The maximum atomic E-state index is 11.3. The highest BCUT2D eigenvalue weighted by Crippen LogP contribution is 2.27. The van der Waals surface area contributed by atoms with Crippen molar-refractivity contribution in [1.29, 1.82) is 0 Å². The number of ether oxygens (including phenoxy) is 1. The van der Waals surface area contributed by atoms with Crippen LogP contribution in [0.3, 0.4) is 0 Å². The van der Waals surface area contributed by atoms with Gasteiger partial charge in [-0.25, -0.2) is 0 Å². The maximum absolute atomic E-state index is 11.3. The van der Waals surface area contributed by atoms with Crippen LogP contribution in [0.15, 0.2) is 24.3 Å². The van der Waals surface area contributed by atoms with Gasteiger partial charge in [0.1, 0.15) is 0 Å². The molecule has 0 saturated heterocycles. The first-order chi connectivity index (χ1) is 7.51. The highest BCUT2D eigenvalue weighted by molar-refractivity contribution is 6.30. The van der Waals surface area contributed by atoms with Gasteiger partial charge in [0, 0.05) is 17.0 Å². The molecule has 0 saturated carbocycles. The molecule has 1 rings (SSSR count). The molecule has 1 atom stereocenters. The molecule has 1 unspecified atom stereocenters. The molecule has 0 heterocycles. The zero-order valence-electron chi connectivity index (χ0n) is 9.50. The number of rotatable bonds is 4. The van der Waals surface area contributed by atoms with Crippen LogP contribution in [0.2, 0.25) is 5.02 Å². The van der Waals surface area contributed by atoms with Gasteiger partial charge in [-0.05, 0) is 17.7 Å². The van der Waals surface area contributed by atoms with Crippen molar-refractivity contribution in [3.63, 3.8) is 0 Å². The Kier molecular flexibility index (Phi) is 4.33. The smallest absolute Gasteiger partial charge is 0.306 e. The van der Waals surface area contributed by atoms with Crippen LogP contribution in [0.25, 0.3) is 0 Å². The highest BCUT2D eigenvalue weighted by atomic mass is 35.5. The van der Waals surface area contributed by atoms with Crippen molar-refractivity contribution in [1.82, 2.24) is 0 Å². The molecule has 0 bridgehead atoms. The molecule has 1 aromatic carbocycles. The molecular formula is C12H16ClNO2. The van der Waals surface area contributed by atoms with E-state index in [1.165, 1.54) is 7.11 Å². The number of hydrogen-bond donors (Lipinski definition) is 1. The van der Waals surface area contributed by atoms with Crippen molar-refractivity contribution in [3.8, 4) is 0 Å². The van der Waals surface area contributed by atoms with Crippen LogP contribution in [-0.2, 0) is 14.9 Å². The highest BCUT2D eigenvalue weighted by Gasteiger charge is 2.28. The first kappa shape index (κ1) is 13.0. The predicted octanol–water partition coefficient (Wildman–Crippen LogP) is 2.12. The van der Waals surface area contributed by atoms with Gasteiger partial charge in [0.15, 0.2) is 0 Å². The van der Waals surface area contributed by atoms with Gasteiger partial charge in [0.25, 0.3) is 0 Å². The van der Waals surface area contributed by atoms with E-state index >= 15 is 0 Å². The van der Waals surface area contributed by atoms with Crippen LogP contribution in [0.5, 0.6) is 0 Å². The Morgan fingerprint density at radius 1 is 1.44 bits per heavy atom. The van der Waals surface area contributed by atoms with Gasteiger partial charge in [-0.2, -0.15) is 0 Å². The third-order valence-corrected chi connectivity index (χ3v) is 3.01. The van der Waals surface area contributed by atoms with Crippen molar-refractivity contribution in [3.05, 3.63) is 34.9 Å². The number of hydrogen-bond acceptors (Lipinski definition) is 3. The summed E-state index contributed by atoms with van der Waals surface area (Å²) in [6.07, 6.45) is 0.266. The average Bonchev–Trinajstić information content (AvgIpc) is 2.29. The van der Waals surface area contributed by atoms with E-state index < -0.39 is 5.41 Å². The minimum atomic E-state index is -0.405. The first-order valence-corrected chi connectivity index (χ1v) is 5.42. The van der Waals surface area contributed by atoms with Crippen LogP contribution in [0.4, 0.5) is 0 Å². The van der Waals surface area contributed by atoms with E-state index in [0.717, 1.165) is 5.56 Å². The first-order valence-electron chi connectivity index (χ1n) is 5.05. The summed E-state index contributed by atoms with van der Waals surface area (Å²) in [7, 11) is 1.38. The average molecular weight is 242 g/mol. The monoisotopic (exact) mass is 241 g/mol. The third-order valence-electron chi connectivity index (χ3n) is 2.75. The van der Waals surface area contributed by atoms with E-state index in [0.29, 0.717) is 11.6 Å². The van der Waals surface area contributed by atoms with Crippen LogP contribution in [-0.4, -0.2) is 19.6 Å². The second-order valence-electron chi connectivity index (χ2n) is 4.02. The van der Waals surface area contributed by atoms with Gasteiger partial charge in [0.05, 0.1) is 13.5 Å². The van der Waals surface area contributed by atoms with Gasteiger partial charge in [-0.1, -0.05) is 30.7 Å². The number of benzene rings is 1. The molecule has 3 nitrogen and oxygen atoms in total. The quantitative estimate of drug-likeness (QED) is 0.822. The lowest BCUT2D eigenvalue weighted by Crippen LogP contribution is -2.34. The molecule has 0 fully saturated rings. The number of carbonyl (C=O) groups excluding carboxylic acids is 1. The minimum Gasteiger partial charge on any atom is -0.469 e. The second kappa shape index (κ2) is 5.32. The molecule has 0 aliphatic carbocycles. The number of nitrogens with two attached hydrogens (primary N) is 1. The standard InChI is InChI=1S/C12H16ClNO2/c1-12(8-14,7-11(15)16-2)9-3-5-10(13)6-4-9/h3-6H,7-8,14H2,1-2H3. The lowest BCUT2D eigenvalue weighted by atomic mass is 9.79. The Bertz CT molecular complexity index is 364. The Hall–Kier alpha value is -1.06. The molecule has 88 valence electrons. The number of esters is 1. The Balaban J connectivity index is 2.95. The Labute approximate surface area is 101 Å². The fourth-order valence-corrected chi connectivity index (χ4v) is 1.66. The lowest BCUT2D eigenvalue weighted by molar-refractivity contribution is -0.141. The Morgan fingerprint density at radius 3 is 2.44 bits per heavy atom. The van der Waals surface area contributed by atoms with Gasteiger partial charge >= 0.3 is 5.97 Å². The number of carbonyl (C=O) groups is 1. The van der Waals surface area contributed by atoms with Crippen LogP contribution in [0, 0.1) is 0 Å². The van der Waals surface area contributed by atoms with Gasteiger partial charge in [-0.15, -0.1) is 0 Å². The molecule has 0 aliphatic heterocycles. The van der Waals surface area contributed by atoms with Crippen molar-refractivity contribution in [2.75, 3.05) is 13.7 Å². The van der Waals surface area contributed by atoms with E-state index in [2.05, 4.69) is 4.74 Å². The summed E-state index contributed by atoms with van der Waals surface area (Å²) in [5, 5.41) is 0.668. The molecule has 0 aliphatic rings.